The van der Waals surface area contributed by atoms with E-state index in [9.17, 15) is 9.59 Å². The predicted octanol–water partition coefficient (Wildman–Crippen LogP) is 4.63. The quantitative estimate of drug-likeness (QED) is 0.415. The van der Waals surface area contributed by atoms with E-state index in [4.69, 9.17) is 13.9 Å². The average Bonchev–Trinajstić information content (AvgIpc) is 3.60. The standard InChI is InChI=1S/C30H38N2O5/c1-21-24(12-16-36-21)9-10-28(34)31-26-11-13-30(37-22(2)33)20-32(19-23-7-8-23)15-14-29(30,18-26)25-5-4-6-27(17-25)35-3/h4-6,9-10,12,16-17,23,26H,7-8,11,13-15,18-20H2,1-3H3,(H,31,34)/t26-,29-,30-/m0/s1. The van der Waals surface area contributed by atoms with Crippen molar-refractivity contribution in [2.75, 3.05) is 26.7 Å². The number of aryl methyl sites for hydroxylation is 1. The average molecular weight is 507 g/mol. The number of nitrogens with zero attached hydrogens (tertiary/aromatic N) is 1. The lowest BCUT2D eigenvalue weighted by molar-refractivity contribution is -0.187. The van der Waals surface area contributed by atoms with E-state index in [0.717, 1.165) is 61.0 Å². The Labute approximate surface area is 219 Å². The Morgan fingerprint density at radius 2 is 2.05 bits per heavy atom. The third kappa shape index (κ3) is 5.33. The highest BCUT2D eigenvalue weighted by Gasteiger charge is 2.61. The summed E-state index contributed by atoms with van der Waals surface area (Å²) in [4.78, 5) is 27.9. The monoisotopic (exact) mass is 506 g/mol. The summed E-state index contributed by atoms with van der Waals surface area (Å²) in [5.41, 5.74) is 0.934. The van der Waals surface area contributed by atoms with Gasteiger partial charge in [-0.25, -0.2) is 0 Å². The molecule has 2 aliphatic carbocycles. The lowest BCUT2D eigenvalue weighted by atomic mass is 9.55. The Hall–Kier alpha value is -3.06. The first-order chi connectivity index (χ1) is 17.8. The third-order valence-corrected chi connectivity index (χ3v) is 8.53. The zero-order valence-corrected chi connectivity index (χ0v) is 22.1. The highest BCUT2D eigenvalue weighted by Crippen LogP contribution is 2.54. The van der Waals surface area contributed by atoms with Gasteiger partial charge in [-0.15, -0.1) is 0 Å². The molecule has 198 valence electrons. The van der Waals surface area contributed by atoms with Gasteiger partial charge in [0, 0.05) is 43.1 Å². The summed E-state index contributed by atoms with van der Waals surface area (Å²) < 4.78 is 17.3. The van der Waals surface area contributed by atoms with Gasteiger partial charge in [-0.05, 0) is 87.7 Å². The van der Waals surface area contributed by atoms with E-state index >= 15 is 0 Å². The number of hydrogen-bond acceptors (Lipinski definition) is 6. The second kappa shape index (κ2) is 10.4. The Balaban J connectivity index is 1.44. The maximum Gasteiger partial charge on any atom is 0.303 e. The van der Waals surface area contributed by atoms with Crippen molar-refractivity contribution in [3.8, 4) is 5.75 Å². The molecule has 0 radical (unpaired) electrons. The van der Waals surface area contributed by atoms with Crippen LogP contribution >= 0.6 is 0 Å². The minimum absolute atomic E-state index is 0.0348. The number of esters is 1. The zero-order chi connectivity index (χ0) is 26.0. The first-order valence-corrected chi connectivity index (χ1v) is 13.4. The van der Waals surface area contributed by atoms with Gasteiger partial charge in [0.25, 0.3) is 0 Å². The minimum Gasteiger partial charge on any atom is -0.497 e. The van der Waals surface area contributed by atoms with Crippen LogP contribution in [0, 0.1) is 12.8 Å². The van der Waals surface area contributed by atoms with Crippen molar-refractivity contribution in [1.29, 1.82) is 0 Å². The van der Waals surface area contributed by atoms with Crippen molar-refractivity contribution in [2.45, 2.75) is 69.4 Å². The highest BCUT2D eigenvalue weighted by atomic mass is 16.6. The molecule has 1 aliphatic heterocycles. The number of methoxy groups -OCH3 is 1. The van der Waals surface area contributed by atoms with Gasteiger partial charge in [0.1, 0.15) is 17.1 Å². The number of carbonyl (C=O) groups is 2. The third-order valence-electron chi connectivity index (χ3n) is 8.53. The van der Waals surface area contributed by atoms with Gasteiger partial charge in [-0.1, -0.05) is 12.1 Å². The molecule has 2 saturated carbocycles. The molecule has 3 fully saturated rings. The van der Waals surface area contributed by atoms with Crippen molar-refractivity contribution in [3.05, 3.63) is 59.6 Å². The summed E-state index contributed by atoms with van der Waals surface area (Å²) in [5, 5.41) is 3.24. The summed E-state index contributed by atoms with van der Waals surface area (Å²) >= 11 is 0. The second-order valence-electron chi connectivity index (χ2n) is 11.0. The summed E-state index contributed by atoms with van der Waals surface area (Å²) in [6, 6.07) is 9.98. The molecule has 3 aliphatic rings. The van der Waals surface area contributed by atoms with E-state index < -0.39 is 11.0 Å². The molecule has 1 saturated heterocycles. The Morgan fingerprint density at radius 3 is 2.76 bits per heavy atom. The topological polar surface area (TPSA) is 81.0 Å². The van der Waals surface area contributed by atoms with Crippen LogP contribution in [0.25, 0.3) is 6.08 Å². The summed E-state index contributed by atoms with van der Waals surface area (Å²) in [6.07, 6.45) is 10.6. The van der Waals surface area contributed by atoms with Crippen LogP contribution in [0.1, 0.15) is 62.3 Å². The highest BCUT2D eigenvalue weighted by molar-refractivity contribution is 5.92. The molecule has 0 unspecified atom stereocenters. The lowest BCUT2D eigenvalue weighted by Gasteiger charge is -2.59. The van der Waals surface area contributed by atoms with Gasteiger partial charge in [0.05, 0.1) is 13.4 Å². The number of benzene rings is 1. The largest absolute Gasteiger partial charge is 0.497 e. The van der Waals surface area contributed by atoms with Crippen molar-refractivity contribution in [2.24, 2.45) is 5.92 Å². The van der Waals surface area contributed by atoms with Crippen LogP contribution in [0.3, 0.4) is 0 Å². The van der Waals surface area contributed by atoms with E-state index in [1.807, 2.05) is 25.1 Å². The molecule has 0 spiro atoms. The zero-order valence-electron chi connectivity index (χ0n) is 22.1. The van der Waals surface area contributed by atoms with Crippen molar-refractivity contribution >= 4 is 18.0 Å². The number of ether oxygens (including phenoxy) is 2. The fourth-order valence-corrected chi connectivity index (χ4v) is 6.53. The fourth-order valence-electron chi connectivity index (χ4n) is 6.53. The van der Waals surface area contributed by atoms with Crippen molar-refractivity contribution < 1.29 is 23.5 Å². The molecule has 2 heterocycles. The van der Waals surface area contributed by atoms with E-state index in [-0.39, 0.29) is 17.9 Å². The van der Waals surface area contributed by atoms with Crippen LogP contribution in [-0.2, 0) is 19.7 Å². The van der Waals surface area contributed by atoms with Crippen LogP contribution in [0.5, 0.6) is 5.75 Å². The van der Waals surface area contributed by atoms with Crippen molar-refractivity contribution in [3.63, 3.8) is 0 Å². The minimum atomic E-state index is -0.649. The van der Waals surface area contributed by atoms with E-state index in [0.29, 0.717) is 12.8 Å². The molecule has 1 N–H and O–H groups in total. The molecule has 1 aromatic carbocycles. The molecule has 1 aromatic heterocycles. The molecular weight excluding hydrogens is 468 g/mol. The van der Waals surface area contributed by atoms with E-state index in [1.165, 1.54) is 19.8 Å². The molecule has 1 amide bonds. The second-order valence-corrected chi connectivity index (χ2v) is 11.0. The Kier molecular flexibility index (Phi) is 7.17. The van der Waals surface area contributed by atoms with Crippen LogP contribution < -0.4 is 10.1 Å². The lowest BCUT2D eigenvalue weighted by Crippen LogP contribution is -2.68. The molecule has 7 nitrogen and oxygen atoms in total. The van der Waals surface area contributed by atoms with Gasteiger partial charge >= 0.3 is 5.97 Å². The van der Waals surface area contributed by atoms with Crippen LogP contribution in [0.4, 0.5) is 0 Å². The van der Waals surface area contributed by atoms with Gasteiger partial charge in [0.15, 0.2) is 0 Å². The van der Waals surface area contributed by atoms with Crippen LogP contribution in [-0.4, -0.2) is 55.2 Å². The Morgan fingerprint density at radius 1 is 1.22 bits per heavy atom. The molecular formula is C30H38N2O5. The van der Waals surface area contributed by atoms with Crippen LogP contribution in [0.15, 0.2) is 47.1 Å². The van der Waals surface area contributed by atoms with Gasteiger partial charge in [0.2, 0.25) is 5.91 Å². The van der Waals surface area contributed by atoms with Gasteiger partial charge < -0.3 is 19.2 Å². The number of rotatable bonds is 8. The number of nitrogens with one attached hydrogen (secondary N) is 1. The molecule has 0 bridgehead atoms. The summed E-state index contributed by atoms with van der Waals surface area (Å²) in [5.74, 6) is 1.95. The molecule has 3 atom stereocenters. The summed E-state index contributed by atoms with van der Waals surface area (Å²) in [6.45, 7) is 6.12. The molecule has 2 aromatic rings. The normalized spacial score (nSPS) is 28.0. The van der Waals surface area contributed by atoms with Gasteiger partial charge in [-0.3, -0.25) is 14.5 Å². The fraction of sp³-hybridized carbons (Fsp3) is 0.533. The summed E-state index contributed by atoms with van der Waals surface area (Å²) in [7, 11) is 1.67. The number of furan rings is 1. The molecule has 37 heavy (non-hydrogen) atoms. The SMILES string of the molecule is COc1cccc([C@@]23CCN(CC4CC4)C[C@@]2(OC(C)=O)CC[C@H](NC(=O)C=Cc2ccoc2C)C3)c1. The number of carbonyl (C=O) groups excluding carboxylic acids is 2. The molecule has 7 heteroatoms. The predicted molar refractivity (Wildman–Crippen MR) is 141 cm³/mol. The van der Waals surface area contributed by atoms with E-state index in [1.54, 1.807) is 25.5 Å². The number of piperidine rings is 1. The molecule has 5 rings (SSSR count). The first kappa shape index (κ1) is 25.6. The maximum absolute atomic E-state index is 12.9. The van der Waals surface area contributed by atoms with Crippen LogP contribution in [0.2, 0.25) is 0 Å². The smallest absolute Gasteiger partial charge is 0.303 e. The first-order valence-electron chi connectivity index (χ1n) is 13.4. The Bertz CT molecular complexity index is 1170. The number of fused-ring (bicyclic) bond motifs is 1. The number of likely N-dealkylation sites (tertiary alicyclic amines) is 1. The van der Waals surface area contributed by atoms with Crippen molar-refractivity contribution in [1.82, 2.24) is 10.2 Å². The maximum atomic E-state index is 12.9. The number of hydrogen-bond donors (Lipinski definition) is 1. The number of amides is 1. The van der Waals surface area contributed by atoms with Gasteiger partial charge in [-0.2, -0.15) is 0 Å². The van der Waals surface area contributed by atoms with E-state index in [2.05, 4.69) is 22.3 Å².